The van der Waals surface area contributed by atoms with Crippen molar-refractivity contribution in [2.75, 3.05) is 4.90 Å². The zero-order valence-electron chi connectivity index (χ0n) is 28.5. The second-order valence-corrected chi connectivity index (χ2v) is 13.4. The highest BCUT2D eigenvalue weighted by atomic mass is 15.1. The van der Waals surface area contributed by atoms with Crippen molar-refractivity contribution in [1.82, 2.24) is 4.57 Å². The van der Waals surface area contributed by atoms with E-state index in [0.29, 0.717) is 0 Å². The van der Waals surface area contributed by atoms with E-state index in [2.05, 4.69) is 216 Å². The summed E-state index contributed by atoms with van der Waals surface area (Å²) in [6.07, 6.45) is 0. The van der Waals surface area contributed by atoms with Gasteiger partial charge in [0.05, 0.1) is 11.0 Å². The number of hydrogen-bond donors (Lipinski definition) is 0. The maximum Gasteiger partial charge on any atom is 0.0547 e. The van der Waals surface area contributed by atoms with Crippen LogP contribution in [-0.4, -0.2) is 4.57 Å². The van der Waals surface area contributed by atoms with Crippen LogP contribution >= 0.6 is 0 Å². The fraction of sp³-hybridized carbons (Fsp3) is 0. The molecule has 0 aliphatic carbocycles. The van der Waals surface area contributed by atoms with Gasteiger partial charge in [-0.15, -0.1) is 0 Å². The quantitative estimate of drug-likeness (QED) is 0.161. The van der Waals surface area contributed by atoms with E-state index in [0.717, 1.165) is 22.7 Å². The molecular formula is C50H34N2. The number of rotatable bonds is 6. The van der Waals surface area contributed by atoms with Crippen LogP contribution in [0.25, 0.3) is 71.3 Å². The SMILES string of the molecule is c1ccc(-c2ccc(N(c3ccc(-c4ccccc4)cc3)c3ccc4ccc5cc6c7ccccc7n(-c7ccccc7)c6cc5c4c3)cc2)cc1. The standard InChI is InChI=1S/C50H34N2/c1-4-12-35(13-5-1)37-22-27-42(28-23-37)51(43-29-24-38(25-30-43)36-14-6-2-7-15-36)44-31-26-39-20-21-40-32-48-45-18-10-11-19-49(45)52(41-16-8-3-9-17-41)50(48)34-47(40)46(39)33-44/h1-34H. The van der Waals surface area contributed by atoms with Crippen molar-refractivity contribution in [1.29, 1.82) is 0 Å². The monoisotopic (exact) mass is 662 g/mol. The predicted octanol–water partition coefficient (Wildman–Crippen LogP) is 13.9. The number of hydrogen-bond acceptors (Lipinski definition) is 1. The van der Waals surface area contributed by atoms with Crippen LogP contribution in [0, 0.1) is 0 Å². The molecule has 0 spiro atoms. The van der Waals surface area contributed by atoms with E-state index in [1.165, 1.54) is 65.6 Å². The van der Waals surface area contributed by atoms with Gasteiger partial charge in [-0.05, 0) is 111 Å². The van der Waals surface area contributed by atoms with Crippen molar-refractivity contribution < 1.29 is 0 Å². The smallest absolute Gasteiger partial charge is 0.0547 e. The predicted molar refractivity (Wildman–Crippen MR) is 221 cm³/mol. The molecule has 52 heavy (non-hydrogen) atoms. The van der Waals surface area contributed by atoms with Gasteiger partial charge in [-0.25, -0.2) is 0 Å². The van der Waals surface area contributed by atoms with E-state index in [-0.39, 0.29) is 0 Å². The van der Waals surface area contributed by atoms with Crippen LogP contribution in [0.2, 0.25) is 0 Å². The highest BCUT2D eigenvalue weighted by molar-refractivity contribution is 6.18. The molecule has 0 amide bonds. The highest BCUT2D eigenvalue weighted by Crippen LogP contribution is 2.41. The average molecular weight is 663 g/mol. The summed E-state index contributed by atoms with van der Waals surface area (Å²) in [5.41, 5.74) is 11.7. The lowest BCUT2D eigenvalue weighted by atomic mass is 9.98. The third kappa shape index (κ3) is 5.12. The Morgan fingerprint density at radius 2 is 0.769 bits per heavy atom. The molecular weight excluding hydrogens is 629 g/mol. The molecule has 0 atom stereocenters. The van der Waals surface area contributed by atoms with Gasteiger partial charge in [0.15, 0.2) is 0 Å². The van der Waals surface area contributed by atoms with Crippen molar-refractivity contribution in [3.8, 4) is 27.9 Å². The first-order valence-corrected chi connectivity index (χ1v) is 17.8. The third-order valence-corrected chi connectivity index (χ3v) is 10.4. The largest absolute Gasteiger partial charge is 0.310 e. The van der Waals surface area contributed by atoms with Gasteiger partial charge >= 0.3 is 0 Å². The minimum atomic E-state index is 1.11. The Kier molecular flexibility index (Phi) is 7.18. The molecule has 1 aromatic heterocycles. The van der Waals surface area contributed by atoms with Gasteiger partial charge in [0.1, 0.15) is 0 Å². The molecule has 0 unspecified atom stereocenters. The van der Waals surface area contributed by atoms with Gasteiger partial charge < -0.3 is 9.47 Å². The van der Waals surface area contributed by atoms with E-state index in [4.69, 9.17) is 0 Å². The zero-order valence-corrected chi connectivity index (χ0v) is 28.5. The van der Waals surface area contributed by atoms with E-state index in [9.17, 15) is 0 Å². The molecule has 1 heterocycles. The van der Waals surface area contributed by atoms with E-state index < -0.39 is 0 Å². The topological polar surface area (TPSA) is 8.17 Å². The Hall–Kier alpha value is -6.90. The van der Waals surface area contributed by atoms with Crippen molar-refractivity contribution in [3.63, 3.8) is 0 Å². The minimum absolute atomic E-state index is 1.11. The summed E-state index contributed by atoms with van der Waals surface area (Å²) in [7, 11) is 0. The molecule has 2 nitrogen and oxygen atoms in total. The van der Waals surface area contributed by atoms with Crippen LogP contribution in [0.3, 0.4) is 0 Å². The summed E-state index contributed by atoms with van der Waals surface area (Å²) in [4.78, 5) is 2.38. The Morgan fingerprint density at radius 1 is 0.288 bits per heavy atom. The van der Waals surface area contributed by atoms with Crippen LogP contribution in [0.4, 0.5) is 17.1 Å². The van der Waals surface area contributed by atoms with Crippen LogP contribution < -0.4 is 4.90 Å². The third-order valence-electron chi connectivity index (χ3n) is 10.4. The summed E-state index contributed by atoms with van der Waals surface area (Å²) >= 11 is 0. The van der Waals surface area contributed by atoms with Gasteiger partial charge in [-0.3, -0.25) is 0 Å². The maximum absolute atomic E-state index is 2.40. The molecule has 0 N–H and O–H groups in total. The molecule has 10 rings (SSSR count). The van der Waals surface area contributed by atoms with Crippen molar-refractivity contribution in [2.24, 2.45) is 0 Å². The summed E-state index contributed by atoms with van der Waals surface area (Å²) in [5, 5.41) is 7.46. The van der Waals surface area contributed by atoms with Crippen LogP contribution in [0.5, 0.6) is 0 Å². The number of aromatic nitrogens is 1. The fourth-order valence-corrected chi connectivity index (χ4v) is 7.81. The normalized spacial score (nSPS) is 11.5. The molecule has 0 saturated heterocycles. The van der Waals surface area contributed by atoms with Crippen molar-refractivity contribution >= 4 is 60.4 Å². The summed E-state index contributed by atoms with van der Waals surface area (Å²) < 4.78 is 2.40. The van der Waals surface area contributed by atoms with Crippen molar-refractivity contribution in [3.05, 3.63) is 206 Å². The molecule has 9 aromatic carbocycles. The molecule has 2 heteroatoms. The van der Waals surface area contributed by atoms with E-state index in [1.807, 2.05) is 0 Å². The van der Waals surface area contributed by atoms with Crippen LogP contribution in [-0.2, 0) is 0 Å². The number of anilines is 3. The lowest BCUT2D eigenvalue weighted by molar-refractivity contribution is 1.18. The lowest BCUT2D eigenvalue weighted by Crippen LogP contribution is -2.09. The number of para-hydroxylation sites is 2. The molecule has 0 fully saturated rings. The van der Waals surface area contributed by atoms with Gasteiger partial charge in [0.2, 0.25) is 0 Å². The van der Waals surface area contributed by atoms with Gasteiger partial charge in [-0.2, -0.15) is 0 Å². The summed E-state index contributed by atoms with van der Waals surface area (Å²) in [6.45, 7) is 0. The molecule has 0 bridgehead atoms. The second-order valence-electron chi connectivity index (χ2n) is 13.4. The van der Waals surface area contributed by atoms with Gasteiger partial charge in [0, 0.05) is 33.5 Å². The Balaban J connectivity index is 1.17. The Morgan fingerprint density at radius 3 is 1.40 bits per heavy atom. The average Bonchev–Trinajstić information content (AvgIpc) is 3.55. The van der Waals surface area contributed by atoms with Crippen LogP contribution in [0.15, 0.2) is 206 Å². The minimum Gasteiger partial charge on any atom is -0.310 e. The molecule has 0 aliphatic rings. The number of benzene rings is 9. The van der Waals surface area contributed by atoms with Gasteiger partial charge in [-0.1, -0.05) is 140 Å². The maximum atomic E-state index is 2.40. The number of nitrogens with zero attached hydrogens (tertiary/aromatic N) is 2. The van der Waals surface area contributed by atoms with E-state index in [1.54, 1.807) is 0 Å². The summed E-state index contributed by atoms with van der Waals surface area (Å²) in [6, 6.07) is 74.7. The highest BCUT2D eigenvalue weighted by Gasteiger charge is 2.17. The Labute approximate surface area is 303 Å². The Bertz CT molecular complexity index is 2770. The number of fused-ring (bicyclic) bond motifs is 6. The fourth-order valence-electron chi connectivity index (χ4n) is 7.81. The molecule has 244 valence electrons. The first-order chi connectivity index (χ1) is 25.8. The molecule has 0 saturated carbocycles. The second kappa shape index (κ2) is 12.5. The van der Waals surface area contributed by atoms with E-state index >= 15 is 0 Å². The first-order valence-electron chi connectivity index (χ1n) is 17.8. The summed E-state index contributed by atoms with van der Waals surface area (Å²) in [5.74, 6) is 0. The van der Waals surface area contributed by atoms with Crippen molar-refractivity contribution in [2.45, 2.75) is 0 Å². The van der Waals surface area contributed by atoms with Crippen LogP contribution in [0.1, 0.15) is 0 Å². The lowest BCUT2D eigenvalue weighted by Gasteiger charge is -2.26. The molecule has 0 aliphatic heterocycles. The molecule has 0 radical (unpaired) electrons. The van der Waals surface area contributed by atoms with Gasteiger partial charge in [0.25, 0.3) is 0 Å². The first kappa shape index (κ1) is 30.0. The zero-order chi connectivity index (χ0) is 34.4. The molecule has 10 aromatic rings.